The summed E-state index contributed by atoms with van der Waals surface area (Å²) in [5, 5.41) is 7.13. The molecule has 20 heavy (non-hydrogen) atoms. The Morgan fingerprint density at radius 2 is 1.90 bits per heavy atom. The fourth-order valence-electron chi connectivity index (χ4n) is 3.24. The molecule has 1 aliphatic heterocycles. The molecule has 0 aliphatic carbocycles. The van der Waals surface area contributed by atoms with Gasteiger partial charge in [-0.05, 0) is 45.6 Å². The second-order valence-corrected chi connectivity index (χ2v) is 6.13. The number of aromatic nitrogens is 2. The van der Waals surface area contributed by atoms with E-state index >= 15 is 0 Å². The molecule has 1 aromatic rings. The lowest BCUT2D eigenvalue weighted by molar-refractivity contribution is 0.0430. The van der Waals surface area contributed by atoms with Crippen molar-refractivity contribution in [3.05, 3.63) is 18.0 Å². The molecular weight excluding hydrogens is 248 g/mol. The molecule has 0 amide bonds. The van der Waals surface area contributed by atoms with Crippen LogP contribution in [0.3, 0.4) is 0 Å². The Hall–Kier alpha value is -0.870. The summed E-state index contributed by atoms with van der Waals surface area (Å²) in [5.74, 6) is 0. The van der Waals surface area contributed by atoms with Crippen LogP contribution < -0.4 is 5.43 Å². The van der Waals surface area contributed by atoms with E-state index in [1.807, 2.05) is 0 Å². The van der Waals surface area contributed by atoms with Crippen LogP contribution in [0.15, 0.2) is 12.3 Å². The van der Waals surface area contributed by atoms with E-state index in [2.05, 4.69) is 55.1 Å². The van der Waals surface area contributed by atoms with Gasteiger partial charge in [-0.2, -0.15) is 5.10 Å². The number of hydrazine groups is 1. The van der Waals surface area contributed by atoms with Crippen LogP contribution >= 0.6 is 0 Å². The molecule has 114 valence electrons. The lowest BCUT2D eigenvalue weighted by Crippen LogP contribution is -2.51. The third kappa shape index (κ3) is 3.61. The highest BCUT2D eigenvalue weighted by Crippen LogP contribution is 2.20. The van der Waals surface area contributed by atoms with E-state index < -0.39 is 0 Å². The van der Waals surface area contributed by atoms with Gasteiger partial charge in [0.1, 0.15) is 0 Å². The van der Waals surface area contributed by atoms with E-state index in [0.29, 0.717) is 18.1 Å². The molecule has 0 saturated carbocycles. The topological polar surface area (TPSA) is 33.1 Å². The van der Waals surface area contributed by atoms with Gasteiger partial charge >= 0.3 is 0 Å². The smallest absolute Gasteiger partial charge is 0.0776 e. The van der Waals surface area contributed by atoms with E-state index in [4.69, 9.17) is 5.10 Å². The molecule has 1 saturated heterocycles. The standard InChI is InChI=1S/C16H30N4/c1-5-16(6-2)19-11-10-15(18-19)12-17-20-13(3)8-7-9-14(20)4/h10-11,13-14,16-17H,5-9,12H2,1-4H3. The van der Waals surface area contributed by atoms with Crippen LogP contribution in [0.25, 0.3) is 0 Å². The monoisotopic (exact) mass is 278 g/mol. The molecule has 1 aromatic heterocycles. The van der Waals surface area contributed by atoms with Gasteiger partial charge in [-0.25, -0.2) is 10.4 Å². The van der Waals surface area contributed by atoms with Gasteiger partial charge in [-0.3, -0.25) is 4.68 Å². The van der Waals surface area contributed by atoms with Gasteiger partial charge < -0.3 is 0 Å². The SMILES string of the molecule is CCC(CC)n1ccc(CNN2C(C)CCCC2C)n1. The lowest BCUT2D eigenvalue weighted by atomic mass is 10.00. The molecule has 2 rings (SSSR count). The van der Waals surface area contributed by atoms with Crippen molar-refractivity contribution in [3.63, 3.8) is 0 Å². The Labute approximate surface area is 123 Å². The van der Waals surface area contributed by atoms with E-state index in [9.17, 15) is 0 Å². The molecule has 2 unspecified atom stereocenters. The first kappa shape index (κ1) is 15.5. The molecule has 4 heteroatoms. The third-order valence-electron chi connectivity index (χ3n) is 4.62. The summed E-state index contributed by atoms with van der Waals surface area (Å²) >= 11 is 0. The van der Waals surface area contributed by atoms with Gasteiger partial charge in [0.2, 0.25) is 0 Å². The first-order valence-corrected chi connectivity index (χ1v) is 8.21. The van der Waals surface area contributed by atoms with Crippen LogP contribution in [0, 0.1) is 0 Å². The molecule has 2 heterocycles. The summed E-state index contributed by atoms with van der Waals surface area (Å²) in [6, 6.07) is 3.93. The molecular formula is C16H30N4. The number of hydrogen-bond acceptors (Lipinski definition) is 3. The number of nitrogens with one attached hydrogen (secondary N) is 1. The normalized spacial score (nSPS) is 24.4. The van der Waals surface area contributed by atoms with E-state index in [1.165, 1.54) is 19.3 Å². The lowest BCUT2D eigenvalue weighted by Gasteiger charge is -2.38. The van der Waals surface area contributed by atoms with Crippen molar-refractivity contribution in [3.8, 4) is 0 Å². The number of piperidine rings is 1. The van der Waals surface area contributed by atoms with Crippen molar-refractivity contribution in [2.45, 2.75) is 84.5 Å². The highest BCUT2D eigenvalue weighted by Gasteiger charge is 2.24. The van der Waals surface area contributed by atoms with Crippen molar-refractivity contribution in [2.24, 2.45) is 0 Å². The van der Waals surface area contributed by atoms with E-state index in [0.717, 1.165) is 25.1 Å². The molecule has 2 atom stereocenters. The van der Waals surface area contributed by atoms with Crippen molar-refractivity contribution < 1.29 is 0 Å². The van der Waals surface area contributed by atoms with Crippen molar-refractivity contribution in [2.75, 3.05) is 0 Å². The van der Waals surface area contributed by atoms with Crippen LogP contribution in [-0.4, -0.2) is 26.9 Å². The number of hydrogen-bond donors (Lipinski definition) is 1. The first-order valence-electron chi connectivity index (χ1n) is 8.21. The minimum Gasteiger partial charge on any atom is -0.269 e. The maximum atomic E-state index is 4.71. The van der Waals surface area contributed by atoms with Gasteiger partial charge in [0, 0.05) is 18.3 Å². The maximum absolute atomic E-state index is 4.71. The number of nitrogens with zero attached hydrogens (tertiary/aromatic N) is 3. The Balaban J connectivity index is 1.90. The molecule has 1 N–H and O–H groups in total. The maximum Gasteiger partial charge on any atom is 0.0776 e. The molecule has 4 nitrogen and oxygen atoms in total. The quantitative estimate of drug-likeness (QED) is 0.864. The minimum atomic E-state index is 0.539. The summed E-state index contributed by atoms with van der Waals surface area (Å²) in [5.41, 5.74) is 4.72. The summed E-state index contributed by atoms with van der Waals surface area (Å²) in [7, 11) is 0. The fourth-order valence-corrected chi connectivity index (χ4v) is 3.24. The highest BCUT2D eigenvalue weighted by atomic mass is 15.5. The Morgan fingerprint density at radius 1 is 1.25 bits per heavy atom. The molecule has 1 fully saturated rings. The minimum absolute atomic E-state index is 0.539. The van der Waals surface area contributed by atoms with Crippen LogP contribution in [-0.2, 0) is 6.54 Å². The molecule has 0 aromatic carbocycles. The van der Waals surface area contributed by atoms with Crippen LogP contribution in [0.5, 0.6) is 0 Å². The summed E-state index contributed by atoms with van der Waals surface area (Å²) in [4.78, 5) is 0. The largest absolute Gasteiger partial charge is 0.269 e. The highest BCUT2D eigenvalue weighted by molar-refractivity contribution is 4.99. The van der Waals surface area contributed by atoms with Gasteiger partial charge in [0.25, 0.3) is 0 Å². The van der Waals surface area contributed by atoms with Crippen molar-refractivity contribution in [1.29, 1.82) is 0 Å². The van der Waals surface area contributed by atoms with Crippen LogP contribution in [0.1, 0.15) is 71.5 Å². The van der Waals surface area contributed by atoms with Crippen LogP contribution in [0.2, 0.25) is 0 Å². The fraction of sp³-hybridized carbons (Fsp3) is 0.812. The third-order valence-corrected chi connectivity index (χ3v) is 4.62. The Kier molecular flexibility index (Phi) is 5.61. The zero-order chi connectivity index (χ0) is 14.5. The predicted molar refractivity (Wildman–Crippen MR) is 83.3 cm³/mol. The molecule has 1 aliphatic rings. The molecule has 0 radical (unpaired) electrons. The van der Waals surface area contributed by atoms with Gasteiger partial charge in [0.05, 0.1) is 18.3 Å². The number of rotatable bonds is 6. The van der Waals surface area contributed by atoms with Gasteiger partial charge in [-0.1, -0.05) is 20.3 Å². The Morgan fingerprint density at radius 3 is 2.50 bits per heavy atom. The average Bonchev–Trinajstić information content (AvgIpc) is 2.88. The molecule has 0 bridgehead atoms. The zero-order valence-corrected chi connectivity index (χ0v) is 13.5. The van der Waals surface area contributed by atoms with Gasteiger partial charge in [-0.15, -0.1) is 0 Å². The van der Waals surface area contributed by atoms with Crippen LogP contribution in [0.4, 0.5) is 0 Å². The van der Waals surface area contributed by atoms with Crippen molar-refractivity contribution >= 4 is 0 Å². The van der Waals surface area contributed by atoms with E-state index in [1.54, 1.807) is 0 Å². The van der Waals surface area contributed by atoms with Crippen molar-refractivity contribution in [1.82, 2.24) is 20.2 Å². The summed E-state index contributed by atoms with van der Waals surface area (Å²) in [6.07, 6.45) is 8.34. The van der Waals surface area contributed by atoms with E-state index in [-0.39, 0.29) is 0 Å². The second-order valence-electron chi connectivity index (χ2n) is 6.13. The molecule has 0 spiro atoms. The first-order chi connectivity index (χ1) is 9.65. The predicted octanol–water partition coefficient (Wildman–Crippen LogP) is 3.51. The zero-order valence-electron chi connectivity index (χ0n) is 13.5. The summed E-state index contributed by atoms with van der Waals surface area (Å²) < 4.78 is 2.13. The average molecular weight is 278 g/mol. The van der Waals surface area contributed by atoms with Gasteiger partial charge in [0.15, 0.2) is 0 Å². The second kappa shape index (κ2) is 7.23. The Bertz CT molecular complexity index is 387. The summed E-state index contributed by atoms with van der Waals surface area (Å²) in [6.45, 7) is 9.91.